The standard InChI is InChI=1S/C35H44FN3O7S/c1-24-21-39(25(2)23-40)35(42)31-20-29(37-47(43,44)30-16-13-28(36)14-17-30)15-18-32(31)46-26(3)10-8-9-19-45-33(24)22-38(4)34(41)27-11-6-5-7-12-27/h5-7,11-18,20,24-26,33,37,40H,8-10,19,21-23H2,1-4H3/t24-,25+,26-,33-/m1/s1. The van der Waals surface area contributed by atoms with Crippen molar-refractivity contribution in [3.63, 3.8) is 0 Å². The molecule has 0 aliphatic carbocycles. The minimum absolute atomic E-state index is 0.116. The molecule has 254 valence electrons. The van der Waals surface area contributed by atoms with E-state index in [4.69, 9.17) is 9.47 Å². The number of nitrogens with zero attached hydrogens (tertiary/aromatic N) is 2. The molecule has 1 heterocycles. The van der Waals surface area contributed by atoms with Crippen LogP contribution in [0.1, 0.15) is 60.7 Å². The van der Waals surface area contributed by atoms with Crippen LogP contribution >= 0.6 is 0 Å². The molecule has 0 aromatic heterocycles. The zero-order valence-corrected chi connectivity index (χ0v) is 28.1. The van der Waals surface area contributed by atoms with Crippen LogP contribution in [0.4, 0.5) is 10.1 Å². The summed E-state index contributed by atoms with van der Waals surface area (Å²) in [5.41, 5.74) is 0.797. The maximum absolute atomic E-state index is 14.3. The van der Waals surface area contributed by atoms with Crippen molar-refractivity contribution in [3.05, 3.63) is 89.7 Å². The highest BCUT2D eigenvalue weighted by Crippen LogP contribution is 2.29. The summed E-state index contributed by atoms with van der Waals surface area (Å²) >= 11 is 0. The van der Waals surface area contributed by atoms with Crippen molar-refractivity contribution >= 4 is 27.5 Å². The van der Waals surface area contributed by atoms with Crippen LogP contribution < -0.4 is 9.46 Å². The molecule has 4 rings (SSSR count). The van der Waals surface area contributed by atoms with Gasteiger partial charge in [0.1, 0.15) is 11.6 Å². The van der Waals surface area contributed by atoms with Gasteiger partial charge in [-0.05, 0) is 87.7 Å². The van der Waals surface area contributed by atoms with E-state index in [0.29, 0.717) is 18.6 Å². The molecule has 10 nitrogen and oxygen atoms in total. The SMILES string of the molecule is C[C@@H]1CCCCO[C@H](CN(C)C(=O)c2ccccc2)[C@H](C)CN([C@@H](C)CO)C(=O)c2cc(NS(=O)(=O)c3ccc(F)cc3)ccc2O1. The van der Waals surface area contributed by atoms with Gasteiger partial charge >= 0.3 is 0 Å². The number of anilines is 1. The van der Waals surface area contributed by atoms with Gasteiger partial charge in [0.2, 0.25) is 0 Å². The maximum Gasteiger partial charge on any atom is 0.261 e. The lowest BCUT2D eigenvalue weighted by Crippen LogP contribution is -2.48. The fourth-order valence-electron chi connectivity index (χ4n) is 5.43. The van der Waals surface area contributed by atoms with Gasteiger partial charge in [-0.15, -0.1) is 0 Å². The second-order valence-corrected chi connectivity index (χ2v) is 13.8. The normalized spacial score (nSPS) is 20.3. The Morgan fingerprint density at radius 2 is 1.79 bits per heavy atom. The van der Waals surface area contributed by atoms with Crippen LogP contribution in [0, 0.1) is 11.7 Å². The number of nitrogens with one attached hydrogen (secondary N) is 1. The van der Waals surface area contributed by atoms with Gasteiger partial charge in [0, 0.05) is 43.9 Å². The first-order chi connectivity index (χ1) is 22.4. The predicted molar refractivity (Wildman–Crippen MR) is 177 cm³/mol. The van der Waals surface area contributed by atoms with Crippen molar-refractivity contribution in [3.8, 4) is 5.75 Å². The average Bonchev–Trinajstić information content (AvgIpc) is 3.06. The average molecular weight is 670 g/mol. The molecule has 1 aliphatic heterocycles. The number of carbonyl (C=O) groups excluding carboxylic acids is 2. The van der Waals surface area contributed by atoms with Crippen LogP contribution in [-0.2, 0) is 14.8 Å². The van der Waals surface area contributed by atoms with Crippen LogP contribution in [0.2, 0.25) is 0 Å². The first-order valence-electron chi connectivity index (χ1n) is 15.8. The van der Waals surface area contributed by atoms with E-state index in [1.165, 1.54) is 17.0 Å². The second kappa shape index (κ2) is 16.2. The summed E-state index contributed by atoms with van der Waals surface area (Å²) in [6.07, 6.45) is 1.56. The molecular weight excluding hydrogens is 625 g/mol. The van der Waals surface area contributed by atoms with Gasteiger partial charge in [-0.1, -0.05) is 25.1 Å². The third kappa shape index (κ3) is 9.52. The fourth-order valence-corrected chi connectivity index (χ4v) is 6.48. The number of hydrogen-bond acceptors (Lipinski definition) is 7. The maximum atomic E-state index is 14.3. The molecule has 1 aliphatic rings. The molecule has 2 N–H and O–H groups in total. The van der Waals surface area contributed by atoms with E-state index in [0.717, 1.165) is 37.1 Å². The smallest absolute Gasteiger partial charge is 0.261 e. The number of ether oxygens (including phenoxy) is 2. The number of fused-ring (bicyclic) bond motifs is 1. The summed E-state index contributed by atoms with van der Waals surface area (Å²) in [5.74, 6) is -1.15. The molecule has 12 heteroatoms. The van der Waals surface area contributed by atoms with Crippen LogP contribution in [0.15, 0.2) is 77.7 Å². The molecule has 0 fully saturated rings. The van der Waals surface area contributed by atoms with Gasteiger partial charge in [-0.3, -0.25) is 14.3 Å². The fraction of sp³-hybridized carbons (Fsp3) is 0.429. The van der Waals surface area contributed by atoms with E-state index < -0.39 is 33.9 Å². The molecule has 0 radical (unpaired) electrons. The number of halogens is 1. The first kappa shape index (κ1) is 35.8. The lowest BCUT2D eigenvalue weighted by Gasteiger charge is -2.36. The molecule has 0 saturated carbocycles. The van der Waals surface area contributed by atoms with E-state index >= 15 is 0 Å². The molecule has 0 unspecified atom stereocenters. The van der Waals surface area contributed by atoms with E-state index in [-0.39, 0.29) is 59.5 Å². The van der Waals surface area contributed by atoms with Gasteiger partial charge in [0.25, 0.3) is 21.8 Å². The summed E-state index contributed by atoms with van der Waals surface area (Å²) in [4.78, 5) is 30.5. The van der Waals surface area contributed by atoms with Crippen LogP contribution in [0.25, 0.3) is 0 Å². The van der Waals surface area contributed by atoms with Crippen molar-refractivity contribution in [1.82, 2.24) is 9.80 Å². The quantitative estimate of drug-likeness (QED) is 0.338. The second-order valence-electron chi connectivity index (χ2n) is 12.1. The van der Waals surface area contributed by atoms with Crippen LogP contribution in [0.3, 0.4) is 0 Å². The summed E-state index contributed by atoms with van der Waals surface area (Å²) in [5, 5.41) is 10.2. The number of benzene rings is 3. The largest absolute Gasteiger partial charge is 0.490 e. The topological polar surface area (TPSA) is 125 Å². The Morgan fingerprint density at radius 3 is 2.47 bits per heavy atom. The highest BCUT2D eigenvalue weighted by atomic mass is 32.2. The zero-order chi connectivity index (χ0) is 34.1. The van der Waals surface area contributed by atoms with E-state index in [1.54, 1.807) is 37.1 Å². The molecule has 0 saturated heterocycles. The van der Waals surface area contributed by atoms with Crippen LogP contribution in [-0.4, -0.2) is 86.7 Å². The van der Waals surface area contributed by atoms with Crippen molar-refractivity contribution in [2.45, 2.75) is 63.2 Å². The molecule has 4 atom stereocenters. The van der Waals surface area contributed by atoms with E-state index in [9.17, 15) is 27.5 Å². The molecule has 3 aromatic carbocycles. The number of sulfonamides is 1. The molecule has 0 spiro atoms. The van der Waals surface area contributed by atoms with E-state index in [1.807, 2.05) is 32.0 Å². The number of likely N-dealkylation sites (N-methyl/N-ethyl adjacent to an activating group) is 1. The van der Waals surface area contributed by atoms with E-state index in [2.05, 4.69) is 4.72 Å². The lowest BCUT2D eigenvalue weighted by atomic mass is 10.0. The number of aliphatic hydroxyl groups excluding tert-OH is 1. The third-order valence-corrected chi connectivity index (χ3v) is 9.65. The highest BCUT2D eigenvalue weighted by Gasteiger charge is 2.31. The molecule has 0 bridgehead atoms. The Labute approximate surface area is 276 Å². The zero-order valence-electron chi connectivity index (χ0n) is 27.3. The van der Waals surface area contributed by atoms with Gasteiger partial charge in [-0.25, -0.2) is 12.8 Å². The highest BCUT2D eigenvalue weighted by molar-refractivity contribution is 7.92. The Hall–Kier alpha value is -4.00. The minimum atomic E-state index is -4.09. The Balaban J connectivity index is 1.66. The molecular formula is C35H44FN3O7S. The Morgan fingerprint density at radius 1 is 1.09 bits per heavy atom. The van der Waals surface area contributed by atoms with Gasteiger partial charge in [0.15, 0.2) is 0 Å². The van der Waals surface area contributed by atoms with Crippen LogP contribution in [0.5, 0.6) is 5.75 Å². The van der Waals surface area contributed by atoms with Gasteiger partial charge in [-0.2, -0.15) is 0 Å². The van der Waals surface area contributed by atoms with Crippen molar-refractivity contribution in [2.75, 3.05) is 38.1 Å². The third-order valence-electron chi connectivity index (χ3n) is 8.25. The Bertz CT molecular complexity index is 1610. The first-order valence-corrected chi connectivity index (χ1v) is 17.3. The minimum Gasteiger partial charge on any atom is -0.490 e. The number of amides is 2. The number of carbonyl (C=O) groups is 2. The molecule has 2 amide bonds. The Kier molecular flexibility index (Phi) is 12.4. The van der Waals surface area contributed by atoms with Gasteiger partial charge < -0.3 is 24.4 Å². The van der Waals surface area contributed by atoms with Gasteiger partial charge in [0.05, 0.1) is 35.3 Å². The lowest BCUT2D eigenvalue weighted by molar-refractivity contribution is -0.0149. The van der Waals surface area contributed by atoms with Crippen molar-refractivity contribution in [2.24, 2.45) is 5.92 Å². The number of rotatable bonds is 8. The monoisotopic (exact) mass is 669 g/mol. The summed E-state index contributed by atoms with van der Waals surface area (Å²) in [6.45, 7) is 6.17. The van der Waals surface area contributed by atoms with Crippen molar-refractivity contribution in [1.29, 1.82) is 0 Å². The van der Waals surface area contributed by atoms with Crippen molar-refractivity contribution < 1.29 is 37.0 Å². The molecule has 47 heavy (non-hydrogen) atoms. The summed E-state index contributed by atoms with van der Waals surface area (Å²) in [7, 11) is -2.37. The number of aliphatic hydroxyl groups is 1. The number of hydrogen-bond donors (Lipinski definition) is 2. The molecule has 3 aromatic rings. The summed E-state index contributed by atoms with van der Waals surface area (Å²) < 4.78 is 54.6. The predicted octanol–water partition coefficient (Wildman–Crippen LogP) is 5.19. The summed E-state index contributed by atoms with van der Waals surface area (Å²) in [6, 6.07) is 17.3.